The van der Waals surface area contributed by atoms with Crippen LogP contribution in [0.5, 0.6) is 0 Å². The second-order valence-corrected chi connectivity index (χ2v) is 7.33. The SMILES string of the molecule is CC(=O)NCCCC(=O)N1CCCC(c2[nH]ncc2-c2ccc(C)cc2)C1. The molecule has 1 aliphatic heterocycles. The number of hydrogen-bond acceptors (Lipinski definition) is 3. The maximum atomic E-state index is 12.5. The number of aryl methyl sites for hydroxylation is 1. The van der Waals surface area contributed by atoms with Crippen molar-refractivity contribution in [3.05, 3.63) is 41.7 Å². The molecule has 0 bridgehead atoms. The number of nitrogens with one attached hydrogen (secondary N) is 2. The lowest BCUT2D eigenvalue weighted by atomic mass is 9.90. The fraction of sp³-hybridized carbons (Fsp3) is 0.476. The van der Waals surface area contributed by atoms with Gasteiger partial charge in [0.25, 0.3) is 0 Å². The minimum atomic E-state index is -0.0524. The summed E-state index contributed by atoms with van der Waals surface area (Å²) in [6.07, 6.45) is 5.08. The summed E-state index contributed by atoms with van der Waals surface area (Å²) in [7, 11) is 0. The van der Waals surface area contributed by atoms with Crippen LogP contribution >= 0.6 is 0 Å². The molecule has 1 saturated heterocycles. The molecule has 144 valence electrons. The quantitative estimate of drug-likeness (QED) is 0.770. The molecule has 1 aliphatic rings. The molecule has 3 rings (SSSR count). The van der Waals surface area contributed by atoms with Crippen molar-refractivity contribution in [1.82, 2.24) is 20.4 Å². The summed E-state index contributed by atoms with van der Waals surface area (Å²) in [6, 6.07) is 8.46. The lowest BCUT2D eigenvalue weighted by Crippen LogP contribution is -2.39. The highest BCUT2D eigenvalue weighted by Gasteiger charge is 2.27. The Labute approximate surface area is 160 Å². The van der Waals surface area contributed by atoms with Gasteiger partial charge in [-0.3, -0.25) is 14.7 Å². The van der Waals surface area contributed by atoms with Gasteiger partial charge in [0.2, 0.25) is 11.8 Å². The summed E-state index contributed by atoms with van der Waals surface area (Å²) in [5.41, 5.74) is 4.63. The van der Waals surface area contributed by atoms with E-state index in [0.29, 0.717) is 19.4 Å². The monoisotopic (exact) mass is 368 g/mol. The van der Waals surface area contributed by atoms with Crippen LogP contribution in [0, 0.1) is 6.92 Å². The van der Waals surface area contributed by atoms with Gasteiger partial charge in [0.05, 0.1) is 6.20 Å². The third-order valence-corrected chi connectivity index (χ3v) is 5.16. The molecule has 2 heterocycles. The number of benzene rings is 1. The molecule has 0 radical (unpaired) electrons. The van der Waals surface area contributed by atoms with Gasteiger partial charge in [0, 0.05) is 50.2 Å². The minimum Gasteiger partial charge on any atom is -0.356 e. The van der Waals surface area contributed by atoms with Gasteiger partial charge in [-0.05, 0) is 31.7 Å². The fourth-order valence-electron chi connectivity index (χ4n) is 3.67. The Bertz CT molecular complexity index is 782. The Morgan fingerprint density at radius 3 is 2.81 bits per heavy atom. The number of carbonyl (C=O) groups is 2. The first-order valence-electron chi connectivity index (χ1n) is 9.67. The Hall–Kier alpha value is -2.63. The predicted molar refractivity (Wildman–Crippen MR) is 105 cm³/mol. The number of amides is 2. The van der Waals surface area contributed by atoms with Crippen LogP contribution in [-0.2, 0) is 9.59 Å². The van der Waals surface area contributed by atoms with Gasteiger partial charge in [0.15, 0.2) is 0 Å². The summed E-state index contributed by atoms with van der Waals surface area (Å²) in [6.45, 7) is 5.66. The Balaban J connectivity index is 1.63. The van der Waals surface area contributed by atoms with Crippen molar-refractivity contribution in [3.8, 4) is 11.1 Å². The molecule has 1 fully saturated rings. The Kier molecular flexibility index (Phi) is 6.27. The average molecular weight is 368 g/mol. The van der Waals surface area contributed by atoms with E-state index in [0.717, 1.165) is 42.8 Å². The van der Waals surface area contributed by atoms with Crippen molar-refractivity contribution >= 4 is 11.8 Å². The van der Waals surface area contributed by atoms with Crippen molar-refractivity contribution in [3.63, 3.8) is 0 Å². The van der Waals surface area contributed by atoms with E-state index in [1.807, 2.05) is 11.1 Å². The molecule has 0 aliphatic carbocycles. The topological polar surface area (TPSA) is 78.1 Å². The summed E-state index contributed by atoms with van der Waals surface area (Å²) >= 11 is 0. The molecule has 6 nitrogen and oxygen atoms in total. The number of likely N-dealkylation sites (tertiary alicyclic amines) is 1. The van der Waals surface area contributed by atoms with Crippen LogP contribution in [0.1, 0.15) is 49.8 Å². The molecule has 2 N–H and O–H groups in total. The standard InChI is InChI=1S/C21H28N4O2/c1-15-7-9-17(10-8-15)19-13-23-24-21(19)18-5-4-12-25(14-18)20(27)6-3-11-22-16(2)26/h7-10,13,18H,3-6,11-12,14H2,1-2H3,(H,22,26)(H,23,24). The maximum absolute atomic E-state index is 12.5. The largest absolute Gasteiger partial charge is 0.356 e. The first-order chi connectivity index (χ1) is 13.0. The number of aromatic amines is 1. The minimum absolute atomic E-state index is 0.0524. The van der Waals surface area contributed by atoms with E-state index in [1.165, 1.54) is 12.5 Å². The van der Waals surface area contributed by atoms with Crippen LogP contribution in [0.4, 0.5) is 0 Å². The number of hydrogen-bond donors (Lipinski definition) is 2. The maximum Gasteiger partial charge on any atom is 0.222 e. The number of nitrogens with zero attached hydrogens (tertiary/aromatic N) is 2. The summed E-state index contributed by atoms with van der Waals surface area (Å²) in [5, 5.41) is 10.2. The Morgan fingerprint density at radius 1 is 1.30 bits per heavy atom. The third kappa shape index (κ3) is 4.96. The molecule has 1 unspecified atom stereocenters. The lowest BCUT2D eigenvalue weighted by Gasteiger charge is -2.33. The van der Waals surface area contributed by atoms with Crippen LogP contribution in [0.15, 0.2) is 30.5 Å². The highest BCUT2D eigenvalue weighted by Crippen LogP contribution is 2.33. The van der Waals surface area contributed by atoms with Gasteiger partial charge in [-0.25, -0.2) is 0 Å². The lowest BCUT2D eigenvalue weighted by molar-refractivity contribution is -0.132. The second-order valence-electron chi connectivity index (χ2n) is 7.33. The van der Waals surface area contributed by atoms with Crippen molar-refractivity contribution in [2.24, 2.45) is 0 Å². The normalized spacial score (nSPS) is 17.0. The highest BCUT2D eigenvalue weighted by molar-refractivity contribution is 5.77. The number of aromatic nitrogens is 2. The summed E-state index contributed by atoms with van der Waals surface area (Å²) < 4.78 is 0. The van der Waals surface area contributed by atoms with Crippen LogP contribution in [-0.4, -0.2) is 46.5 Å². The van der Waals surface area contributed by atoms with Crippen LogP contribution in [0.2, 0.25) is 0 Å². The van der Waals surface area contributed by atoms with Crippen LogP contribution < -0.4 is 5.32 Å². The van der Waals surface area contributed by atoms with E-state index >= 15 is 0 Å². The summed E-state index contributed by atoms with van der Waals surface area (Å²) in [5.74, 6) is 0.390. The van der Waals surface area contributed by atoms with E-state index in [9.17, 15) is 9.59 Å². The number of H-pyrrole nitrogens is 1. The van der Waals surface area contributed by atoms with Gasteiger partial charge in [0.1, 0.15) is 0 Å². The van der Waals surface area contributed by atoms with Crippen molar-refractivity contribution in [2.75, 3.05) is 19.6 Å². The molecular formula is C21H28N4O2. The third-order valence-electron chi connectivity index (χ3n) is 5.16. The number of rotatable bonds is 6. The van der Waals surface area contributed by atoms with Gasteiger partial charge in [-0.1, -0.05) is 29.8 Å². The predicted octanol–water partition coefficient (Wildman–Crippen LogP) is 3.01. The van der Waals surface area contributed by atoms with Crippen molar-refractivity contribution in [1.29, 1.82) is 0 Å². The van der Waals surface area contributed by atoms with Crippen molar-refractivity contribution in [2.45, 2.75) is 45.4 Å². The average Bonchev–Trinajstić information content (AvgIpc) is 3.15. The smallest absolute Gasteiger partial charge is 0.222 e. The van der Waals surface area contributed by atoms with Gasteiger partial charge in [-0.15, -0.1) is 0 Å². The molecule has 1 aromatic heterocycles. The van der Waals surface area contributed by atoms with Gasteiger partial charge >= 0.3 is 0 Å². The molecule has 1 atom stereocenters. The highest BCUT2D eigenvalue weighted by atomic mass is 16.2. The molecule has 0 spiro atoms. The molecule has 2 amide bonds. The van der Waals surface area contributed by atoms with Gasteiger partial charge < -0.3 is 10.2 Å². The fourth-order valence-corrected chi connectivity index (χ4v) is 3.67. The molecule has 6 heteroatoms. The number of piperidine rings is 1. The van der Waals surface area contributed by atoms with E-state index in [-0.39, 0.29) is 17.7 Å². The van der Waals surface area contributed by atoms with Crippen molar-refractivity contribution < 1.29 is 9.59 Å². The van der Waals surface area contributed by atoms with Crippen LogP contribution in [0.3, 0.4) is 0 Å². The van der Waals surface area contributed by atoms with Gasteiger partial charge in [-0.2, -0.15) is 5.10 Å². The zero-order valence-electron chi connectivity index (χ0n) is 16.1. The molecule has 2 aromatic rings. The first-order valence-corrected chi connectivity index (χ1v) is 9.67. The van der Waals surface area contributed by atoms with E-state index in [1.54, 1.807) is 0 Å². The summed E-state index contributed by atoms with van der Waals surface area (Å²) in [4.78, 5) is 25.4. The van der Waals surface area contributed by atoms with E-state index in [4.69, 9.17) is 0 Å². The molecular weight excluding hydrogens is 340 g/mol. The zero-order valence-corrected chi connectivity index (χ0v) is 16.1. The Morgan fingerprint density at radius 2 is 2.07 bits per heavy atom. The van der Waals surface area contributed by atoms with E-state index < -0.39 is 0 Å². The molecule has 1 aromatic carbocycles. The van der Waals surface area contributed by atoms with Crippen LogP contribution in [0.25, 0.3) is 11.1 Å². The first kappa shape index (κ1) is 19.1. The molecule has 0 saturated carbocycles. The zero-order chi connectivity index (χ0) is 19.2. The second kappa shape index (κ2) is 8.84. The molecule has 27 heavy (non-hydrogen) atoms. The van der Waals surface area contributed by atoms with E-state index in [2.05, 4.69) is 46.7 Å². The number of carbonyl (C=O) groups excluding carboxylic acids is 2.